The van der Waals surface area contributed by atoms with Crippen molar-refractivity contribution in [3.05, 3.63) is 34.3 Å². The molecule has 20 heavy (non-hydrogen) atoms. The Morgan fingerprint density at radius 2 is 2.10 bits per heavy atom. The van der Waals surface area contributed by atoms with Crippen LogP contribution in [0.3, 0.4) is 0 Å². The van der Waals surface area contributed by atoms with Crippen molar-refractivity contribution in [1.82, 2.24) is 5.32 Å². The molecule has 0 heterocycles. The van der Waals surface area contributed by atoms with Crippen molar-refractivity contribution in [2.24, 2.45) is 0 Å². The highest BCUT2D eigenvalue weighted by Gasteiger charge is 2.20. The zero-order valence-corrected chi connectivity index (χ0v) is 14.0. The zero-order chi connectivity index (χ0) is 15.2. The molecule has 1 rings (SSSR count). The molecule has 5 heteroatoms. The van der Waals surface area contributed by atoms with E-state index in [1.54, 1.807) is 0 Å². The first-order valence-electron chi connectivity index (χ1n) is 6.64. The third-order valence-electron chi connectivity index (χ3n) is 2.43. The van der Waals surface area contributed by atoms with Gasteiger partial charge in [0.1, 0.15) is 5.60 Å². The van der Waals surface area contributed by atoms with Crippen LogP contribution in [-0.4, -0.2) is 24.9 Å². The maximum Gasteiger partial charge on any atom is 0.408 e. The van der Waals surface area contributed by atoms with Crippen molar-refractivity contribution in [3.8, 4) is 0 Å². The number of nitrogens with one attached hydrogen (secondary N) is 1. The second kappa shape index (κ2) is 7.64. The highest BCUT2D eigenvalue weighted by molar-refractivity contribution is 9.10. The molecule has 0 spiro atoms. The monoisotopic (exact) mass is 343 g/mol. The number of carbonyl (C=O) groups is 1. The van der Waals surface area contributed by atoms with Crippen molar-refractivity contribution in [2.45, 2.75) is 39.3 Å². The van der Waals surface area contributed by atoms with Gasteiger partial charge in [-0.05, 0) is 45.4 Å². The second-order valence-electron chi connectivity index (χ2n) is 5.41. The summed E-state index contributed by atoms with van der Waals surface area (Å²) in [6.45, 7) is 8.44. The topological polar surface area (TPSA) is 47.6 Å². The van der Waals surface area contributed by atoms with Crippen molar-refractivity contribution < 1.29 is 14.3 Å². The molecule has 1 atom stereocenters. The van der Waals surface area contributed by atoms with Crippen LogP contribution in [0.1, 0.15) is 39.3 Å². The Labute approximate surface area is 129 Å². The molecule has 0 aromatic heterocycles. The number of hydrogen-bond acceptors (Lipinski definition) is 3. The van der Waals surface area contributed by atoms with Gasteiger partial charge in [-0.15, -0.1) is 0 Å². The summed E-state index contributed by atoms with van der Waals surface area (Å²) in [5.74, 6) is 0. The lowest BCUT2D eigenvalue weighted by atomic mass is 10.1. The van der Waals surface area contributed by atoms with E-state index in [0.29, 0.717) is 13.2 Å². The van der Waals surface area contributed by atoms with E-state index in [4.69, 9.17) is 9.47 Å². The molecule has 0 aliphatic heterocycles. The van der Waals surface area contributed by atoms with Gasteiger partial charge in [0.25, 0.3) is 0 Å². The van der Waals surface area contributed by atoms with Crippen LogP contribution < -0.4 is 5.32 Å². The molecule has 112 valence electrons. The van der Waals surface area contributed by atoms with Gasteiger partial charge in [0.15, 0.2) is 0 Å². The Balaban J connectivity index is 2.77. The Morgan fingerprint density at radius 3 is 2.65 bits per heavy atom. The average molecular weight is 344 g/mol. The molecule has 4 nitrogen and oxygen atoms in total. The second-order valence-corrected chi connectivity index (χ2v) is 6.33. The fourth-order valence-corrected chi connectivity index (χ4v) is 2.05. The molecule has 1 N–H and O–H groups in total. The lowest BCUT2D eigenvalue weighted by Gasteiger charge is -2.24. The quantitative estimate of drug-likeness (QED) is 0.877. The summed E-state index contributed by atoms with van der Waals surface area (Å²) in [5.41, 5.74) is 0.455. The third-order valence-corrected chi connectivity index (χ3v) is 2.92. The smallest absolute Gasteiger partial charge is 0.408 e. The van der Waals surface area contributed by atoms with E-state index in [-0.39, 0.29) is 6.04 Å². The lowest BCUT2D eigenvalue weighted by Crippen LogP contribution is -2.36. The minimum Gasteiger partial charge on any atom is -0.444 e. The number of hydrogen-bond donors (Lipinski definition) is 1. The number of carbonyl (C=O) groups excluding carboxylic acids is 1. The van der Waals surface area contributed by atoms with E-state index in [2.05, 4.69) is 21.2 Å². The van der Waals surface area contributed by atoms with Crippen molar-refractivity contribution in [2.75, 3.05) is 13.2 Å². The number of rotatable bonds is 5. The van der Waals surface area contributed by atoms with Crippen LogP contribution in [0, 0.1) is 0 Å². The highest BCUT2D eigenvalue weighted by Crippen LogP contribution is 2.19. The first kappa shape index (κ1) is 17.0. The number of alkyl carbamates (subject to hydrolysis) is 1. The Kier molecular flexibility index (Phi) is 6.49. The van der Waals surface area contributed by atoms with E-state index >= 15 is 0 Å². The first-order valence-corrected chi connectivity index (χ1v) is 7.44. The summed E-state index contributed by atoms with van der Waals surface area (Å²) in [4.78, 5) is 11.9. The van der Waals surface area contributed by atoms with Gasteiger partial charge in [-0.3, -0.25) is 0 Å². The van der Waals surface area contributed by atoms with Crippen LogP contribution in [0.5, 0.6) is 0 Å². The molecule has 1 aromatic rings. The summed E-state index contributed by atoms with van der Waals surface area (Å²) in [6, 6.07) is 7.54. The summed E-state index contributed by atoms with van der Waals surface area (Å²) in [7, 11) is 0. The van der Waals surface area contributed by atoms with E-state index in [1.165, 1.54) is 0 Å². The average Bonchev–Trinajstić information content (AvgIpc) is 2.32. The fourth-order valence-electron chi connectivity index (χ4n) is 1.63. The molecule has 1 amide bonds. The molecule has 0 aliphatic carbocycles. The van der Waals surface area contributed by atoms with Crippen molar-refractivity contribution in [3.63, 3.8) is 0 Å². The number of benzene rings is 1. The molecule has 1 aromatic carbocycles. The molecular formula is C15H22BrNO3. The first-order chi connectivity index (χ1) is 9.31. The molecule has 0 fully saturated rings. The van der Waals surface area contributed by atoms with Crippen LogP contribution in [0.25, 0.3) is 0 Å². The number of amides is 1. The largest absolute Gasteiger partial charge is 0.444 e. The van der Waals surface area contributed by atoms with Gasteiger partial charge >= 0.3 is 6.09 Å². The van der Waals surface area contributed by atoms with E-state index < -0.39 is 11.7 Å². The highest BCUT2D eigenvalue weighted by atomic mass is 79.9. The standard InChI is InChI=1S/C15H22BrNO3/c1-5-19-10-13(11-7-6-8-12(16)9-11)17-14(18)20-15(2,3)4/h6-9,13H,5,10H2,1-4H3,(H,17,18)/t13-/m1/s1. The molecule has 0 saturated carbocycles. The van der Waals surface area contributed by atoms with E-state index in [9.17, 15) is 4.79 Å². The minimum absolute atomic E-state index is 0.234. The Morgan fingerprint density at radius 1 is 1.40 bits per heavy atom. The van der Waals surface area contributed by atoms with Crippen molar-refractivity contribution in [1.29, 1.82) is 0 Å². The maximum absolute atomic E-state index is 11.9. The molecule has 0 aliphatic rings. The summed E-state index contributed by atoms with van der Waals surface area (Å²) >= 11 is 3.43. The predicted octanol–water partition coefficient (Wildman–Crippen LogP) is 4.05. The summed E-state index contributed by atoms with van der Waals surface area (Å²) in [6.07, 6.45) is -0.442. The predicted molar refractivity (Wildman–Crippen MR) is 82.7 cm³/mol. The summed E-state index contributed by atoms with van der Waals surface area (Å²) in [5, 5.41) is 2.84. The molecule has 0 saturated heterocycles. The van der Waals surface area contributed by atoms with Crippen LogP contribution >= 0.6 is 15.9 Å². The fraction of sp³-hybridized carbons (Fsp3) is 0.533. The SMILES string of the molecule is CCOC[C@@H](NC(=O)OC(C)(C)C)c1cccc(Br)c1. The van der Waals surface area contributed by atoms with E-state index in [0.717, 1.165) is 10.0 Å². The Bertz CT molecular complexity index is 443. The minimum atomic E-state index is -0.516. The number of ether oxygens (including phenoxy) is 2. The molecular weight excluding hydrogens is 322 g/mol. The van der Waals surface area contributed by atoms with Gasteiger partial charge in [0, 0.05) is 11.1 Å². The van der Waals surface area contributed by atoms with Crippen LogP contribution in [-0.2, 0) is 9.47 Å². The van der Waals surface area contributed by atoms with Gasteiger partial charge in [-0.2, -0.15) is 0 Å². The van der Waals surface area contributed by atoms with Gasteiger partial charge in [0.05, 0.1) is 12.6 Å². The van der Waals surface area contributed by atoms with Crippen LogP contribution in [0.4, 0.5) is 4.79 Å². The molecule has 0 unspecified atom stereocenters. The number of halogens is 1. The van der Waals surface area contributed by atoms with E-state index in [1.807, 2.05) is 52.0 Å². The maximum atomic E-state index is 11.9. The molecule has 0 radical (unpaired) electrons. The van der Waals surface area contributed by atoms with Gasteiger partial charge in [0.2, 0.25) is 0 Å². The van der Waals surface area contributed by atoms with Crippen LogP contribution in [0.15, 0.2) is 28.7 Å². The normalized spacial score (nSPS) is 12.8. The van der Waals surface area contributed by atoms with Gasteiger partial charge in [-0.1, -0.05) is 28.1 Å². The lowest BCUT2D eigenvalue weighted by molar-refractivity contribution is 0.0448. The third kappa shape index (κ3) is 6.39. The Hall–Kier alpha value is -1.07. The van der Waals surface area contributed by atoms with Crippen molar-refractivity contribution >= 4 is 22.0 Å². The van der Waals surface area contributed by atoms with Gasteiger partial charge < -0.3 is 14.8 Å². The van der Waals surface area contributed by atoms with Crippen LogP contribution in [0.2, 0.25) is 0 Å². The zero-order valence-electron chi connectivity index (χ0n) is 12.4. The summed E-state index contributed by atoms with van der Waals surface area (Å²) < 4.78 is 11.7. The van der Waals surface area contributed by atoms with Gasteiger partial charge in [-0.25, -0.2) is 4.79 Å². The molecule has 0 bridgehead atoms.